The molecule has 2 bridgehead atoms. The van der Waals surface area contributed by atoms with Crippen LogP contribution in [0.3, 0.4) is 0 Å². The Labute approximate surface area is 244 Å². The van der Waals surface area contributed by atoms with Gasteiger partial charge in [-0.05, 0) is 54.0 Å². The molecule has 0 radical (unpaired) electrons. The van der Waals surface area contributed by atoms with E-state index in [-0.39, 0.29) is 42.8 Å². The zero-order chi connectivity index (χ0) is 25.9. The number of aliphatic carboxylic acids is 1. The summed E-state index contributed by atoms with van der Waals surface area (Å²) < 4.78 is 5.72. The molecule has 5 unspecified atom stereocenters. The molecule has 3 saturated heterocycles. The van der Waals surface area contributed by atoms with Crippen LogP contribution in [-0.2, 0) is 11.3 Å². The first-order chi connectivity index (χ1) is 18.0. The van der Waals surface area contributed by atoms with Gasteiger partial charge in [-0.2, -0.15) is 0 Å². The highest BCUT2D eigenvalue weighted by molar-refractivity contribution is 5.85. The third-order valence-corrected chi connectivity index (χ3v) is 8.39. The van der Waals surface area contributed by atoms with E-state index >= 15 is 0 Å². The fourth-order valence-electron chi connectivity index (χ4n) is 6.54. The number of nitrogens with zero attached hydrogens (tertiary/aromatic N) is 1. The van der Waals surface area contributed by atoms with Gasteiger partial charge < -0.3 is 15.2 Å². The Hall–Kier alpha value is -2.57. The number of fused-ring (bicyclic) bond motifs is 3. The number of methoxy groups -OCH3 is 1. The number of ether oxygens (including phenoxy) is 1. The molecule has 0 saturated carbocycles. The van der Waals surface area contributed by atoms with Crippen molar-refractivity contribution in [2.45, 2.75) is 63.2 Å². The maximum absolute atomic E-state index is 12.4. The fraction of sp³-hybridized carbons (Fsp3) is 0.406. The van der Waals surface area contributed by atoms with Crippen LogP contribution < -0.4 is 10.1 Å². The number of halogens is 2. The van der Waals surface area contributed by atoms with E-state index in [0.717, 1.165) is 24.3 Å². The van der Waals surface area contributed by atoms with Crippen molar-refractivity contribution in [1.82, 2.24) is 10.2 Å². The summed E-state index contributed by atoms with van der Waals surface area (Å²) >= 11 is 0. The Bertz CT molecular complexity index is 1170. The van der Waals surface area contributed by atoms with Crippen molar-refractivity contribution >= 4 is 30.8 Å². The van der Waals surface area contributed by atoms with Gasteiger partial charge in [0.25, 0.3) is 0 Å². The zero-order valence-corrected chi connectivity index (χ0v) is 24.5. The molecule has 0 amide bonds. The molecule has 0 aliphatic carbocycles. The SMILES string of the molecule is COc1ccc(C(C)C)cc1CNC1C2CCN(C(C(=O)O)C2)C1C(c1ccccc1)c1ccccc1.Cl.Cl. The van der Waals surface area contributed by atoms with Gasteiger partial charge in [0.15, 0.2) is 0 Å². The Balaban J connectivity index is 0.00000210. The molecular formula is C32H40Cl2N2O3. The summed E-state index contributed by atoms with van der Waals surface area (Å²) in [6.45, 7) is 5.91. The molecule has 3 aliphatic heterocycles. The molecule has 0 spiro atoms. The first-order valence-electron chi connectivity index (χ1n) is 13.5. The Morgan fingerprint density at radius 1 is 0.974 bits per heavy atom. The third kappa shape index (κ3) is 6.44. The van der Waals surface area contributed by atoms with Crippen LogP contribution in [0.1, 0.15) is 60.8 Å². The van der Waals surface area contributed by atoms with E-state index in [2.05, 4.69) is 90.8 Å². The number of rotatable bonds is 9. The van der Waals surface area contributed by atoms with Gasteiger partial charge in [0.2, 0.25) is 0 Å². The summed E-state index contributed by atoms with van der Waals surface area (Å²) in [6, 6.07) is 27.3. The molecule has 7 heteroatoms. The van der Waals surface area contributed by atoms with Crippen molar-refractivity contribution in [3.63, 3.8) is 0 Å². The lowest BCUT2D eigenvalue weighted by atomic mass is 9.68. The van der Waals surface area contributed by atoms with Gasteiger partial charge in [-0.15, -0.1) is 24.8 Å². The number of nitrogens with one attached hydrogen (secondary N) is 1. The second-order valence-corrected chi connectivity index (χ2v) is 10.8. The molecule has 3 aromatic rings. The normalized spacial score (nSPS) is 23.7. The molecule has 210 valence electrons. The molecule has 2 N–H and O–H groups in total. The quantitative estimate of drug-likeness (QED) is 0.307. The summed E-state index contributed by atoms with van der Waals surface area (Å²) in [6.07, 6.45) is 1.69. The first-order valence-corrected chi connectivity index (χ1v) is 13.5. The van der Waals surface area contributed by atoms with Crippen LogP contribution in [0, 0.1) is 5.92 Å². The molecular weight excluding hydrogens is 531 g/mol. The van der Waals surface area contributed by atoms with Crippen molar-refractivity contribution in [3.05, 3.63) is 101 Å². The van der Waals surface area contributed by atoms with E-state index < -0.39 is 12.0 Å². The molecule has 5 nitrogen and oxygen atoms in total. The summed E-state index contributed by atoms with van der Waals surface area (Å²) in [5, 5.41) is 14.1. The molecule has 0 aromatic heterocycles. The molecule has 3 aliphatic rings. The number of hydrogen-bond acceptors (Lipinski definition) is 4. The molecule has 6 rings (SSSR count). The number of benzene rings is 3. The zero-order valence-electron chi connectivity index (χ0n) is 22.8. The highest BCUT2D eigenvalue weighted by Crippen LogP contribution is 2.44. The lowest BCUT2D eigenvalue weighted by molar-refractivity contribution is -0.152. The number of hydrogen-bond donors (Lipinski definition) is 2. The van der Waals surface area contributed by atoms with Crippen LogP contribution in [0.15, 0.2) is 78.9 Å². The van der Waals surface area contributed by atoms with E-state index in [1.807, 2.05) is 12.1 Å². The summed E-state index contributed by atoms with van der Waals surface area (Å²) in [5.74, 6) is 0.977. The monoisotopic (exact) mass is 570 g/mol. The molecule has 3 fully saturated rings. The van der Waals surface area contributed by atoms with Crippen LogP contribution in [0.25, 0.3) is 0 Å². The van der Waals surface area contributed by atoms with Gasteiger partial charge in [0.05, 0.1) is 7.11 Å². The van der Waals surface area contributed by atoms with Crippen molar-refractivity contribution in [2.75, 3.05) is 13.7 Å². The largest absolute Gasteiger partial charge is 0.496 e. The fourth-order valence-corrected chi connectivity index (χ4v) is 6.54. The second-order valence-electron chi connectivity index (χ2n) is 10.8. The van der Waals surface area contributed by atoms with Gasteiger partial charge in [-0.25, -0.2) is 0 Å². The molecule has 5 atom stereocenters. The van der Waals surface area contributed by atoms with Gasteiger partial charge in [-0.1, -0.05) is 86.6 Å². The highest BCUT2D eigenvalue weighted by Gasteiger charge is 2.52. The lowest BCUT2D eigenvalue weighted by Gasteiger charge is -2.56. The van der Waals surface area contributed by atoms with Crippen molar-refractivity contribution in [3.8, 4) is 5.75 Å². The first kappa shape index (κ1) is 31.0. The Kier molecular flexibility index (Phi) is 10.9. The predicted octanol–water partition coefficient (Wildman–Crippen LogP) is 6.50. The minimum absolute atomic E-state index is 0. The molecule has 3 heterocycles. The topological polar surface area (TPSA) is 61.8 Å². The maximum Gasteiger partial charge on any atom is 0.320 e. The summed E-state index contributed by atoms with van der Waals surface area (Å²) in [4.78, 5) is 14.6. The number of carbonyl (C=O) groups is 1. The van der Waals surface area contributed by atoms with Gasteiger partial charge >= 0.3 is 5.97 Å². The standard InChI is InChI=1S/C32H38N2O3.2ClH/c1-21(2)24-14-15-28(37-3)26(18-24)20-33-30-25-16-17-34(27(19-25)32(35)36)31(30)29(22-10-6-4-7-11-22)23-12-8-5-9-13-23;;/h4-15,18,21,25,27,29-31,33H,16-17,19-20H2,1-3H3,(H,35,36);2*1H. The van der Waals surface area contributed by atoms with E-state index in [4.69, 9.17) is 4.74 Å². The van der Waals surface area contributed by atoms with Crippen LogP contribution in [0.2, 0.25) is 0 Å². The number of piperidine rings is 3. The van der Waals surface area contributed by atoms with Crippen molar-refractivity contribution in [2.24, 2.45) is 5.92 Å². The summed E-state index contributed by atoms with van der Waals surface area (Å²) in [7, 11) is 1.73. The van der Waals surface area contributed by atoms with Crippen LogP contribution in [0.5, 0.6) is 5.75 Å². The Morgan fingerprint density at radius 3 is 2.13 bits per heavy atom. The van der Waals surface area contributed by atoms with E-state index in [9.17, 15) is 9.90 Å². The van der Waals surface area contributed by atoms with Crippen molar-refractivity contribution in [1.29, 1.82) is 0 Å². The Morgan fingerprint density at radius 2 is 1.59 bits per heavy atom. The van der Waals surface area contributed by atoms with Crippen LogP contribution in [0.4, 0.5) is 0 Å². The third-order valence-electron chi connectivity index (χ3n) is 8.39. The van der Waals surface area contributed by atoms with Crippen LogP contribution >= 0.6 is 24.8 Å². The minimum atomic E-state index is -0.709. The summed E-state index contributed by atoms with van der Waals surface area (Å²) in [5.41, 5.74) is 4.89. The smallest absolute Gasteiger partial charge is 0.320 e. The predicted molar refractivity (Wildman–Crippen MR) is 162 cm³/mol. The van der Waals surface area contributed by atoms with Gasteiger partial charge in [0.1, 0.15) is 11.8 Å². The maximum atomic E-state index is 12.4. The van der Waals surface area contributed by atoms with Gasteiger partial charge in [-0.3, -0.25) is 9.69 Å². The molecule has 3 aromatic carbocycles. The van der Waals surface area contributed by atoms with Crippen LogP contribution in [-0.4, -0.2) is 47.8 Å². The highest BCUT2D eigenvalue weighted by atomic mass is 35.5. The molecule has 39 heavy (non-hydrogen) atoms. The lowest BCUT2D eigenvalue weighted by Crippen LogP contribution is -2.69. The van der Waals surface area contributed by atoms with E-state index in [0.29, 0.717) is 24.8 Å². The minimum Gasteiger partial charge on any atom is -0.496 e. The van der Waals surface area contributed by atoms with E-state index in [1.54, 1.807) is 7.11 Å². The average molecular weight is 572 g/mol. The van der Waals surface area contributed by atoms with Crippen molar-refractivity contribution < 1.29 is 14.6 Å². The number of carboxylic acid groups (broad SMARTS) is 1. The number of carboxylic acids is 1. The van der Waals surface area contributed by atoms with Gasteiger partial charge in [0, 0.05) is 30.1 Å². The second kappa shape index (κ2) is 13.7. The average Bonchev–Trinajstić information content (AvgIpc) is 2.93. The van der Waals surface area contributed by atoms with E-state index in [1.165, 1.54) is 16.7 Å².